The number of methoxy groups -OCH3 is 2. The highest BCUT2D eigenvalue weighted by molar-refractivity contribution is 7.91. The Bertz CT molecular complexity index is 650. The third-order valence-corrected chi connectivity index (χ3v) is 4.36. The van der Waals surface area contributed by atoms with Crippen LogP contribution in [0.15, 0.2) is 28.6 Å². The summed E-state index contributed by atoms with van der Waals surface area (Å²) in [6.45, 7) is 3.31. The molecule has 0 saturated carbocycles. The van der Waals surface area contributed by atoms with Gasteiger partial charge in [-0.2, -0.15) is 0 Å². The van der Waals surface area contributed by atoms with Gasteiger partial charge in [0, 0.05) is 11.1 Å². The number of halogens is 1. The lowest BCUT2D eigenvalue weighted by atomic mass is 10.2. The highest BCUT2D eigenvalue weighted by Gasteiger charge is 2.24. The van der Waals surface area contributed by atoms with E-state index in [1.54, 1.807) is 0 Å². The first-order valence-corrected chi connectivity index (χ1v) is 7.31. The van der Waals surface area contributed by atoms with Crippen LogP contribution < -0.4 is 9.47 Å². The molecule has 8 heteroatoms. The number of ether oxygens (including phenoxy) is 2. The monoisotopic (exact) mass is 320 g/mol. The van der Waals surface area contributed by atoms with Crippen molar-refractivity contribution >= 4 is 27.4 Å². The molecule has 1 N–H and O–H groups in total. The third-order valence-electron chi connectivity index (χ3n) is 2.39. The lowest BCUT2D eigenvalue weighted by molar-refractivity contribution is 0.0692. The second kappa shape index (κ2) is 6.15. The van der Waals surface area contributed by atoms with Crippen molar-refractivity contribution < 1.29 is 27.8 Å². The number of carboxylic acid groups (broad SMARTS) is 1. The zero-order valence-corrected chi connectivity index (χ0v) is 12.4. The van der Waals surface area contributed by atoms with E-state index in [0.29, 0.717) is 0 Å². The molecule has 1 aromatic carbocycles. The molecule has 0 bridgehead atoms. The molecule has 0 radical (unpaired) electrons. The molecule has 1 rings (SSSR count). The van der Waals surface area contributed by atoms with E-state index in [1.807, 2.05) is 0 Å². The number of sulfone groups is 1. The van der Waals surface area contributed by atoms with E-state index in [1.165, 1.54) is 20.3 Å². The summed E-state index contributed by atoms with van der Waals surface area (Å²) in [5.74, 6) is -1.87. The van der Waals surface area contributed by atoms with E-state index in [9.17, 15) is 13.2 Å². The number of aromatic carboxylic acids is 1. The fourth-order valence-electron chi connectivity index (χ4n) is 1.57. The van der Waals surface area contributed by atoms with Crippen molar-refractivity contribution in [1.82, 2.24) is 0 Å². The highest BCUT2D eigenvalue weighted by Crippen LogP contribution is 2.34. The standard InChI is InChI=1S/C12H13ClO6S/c1-7(13)6-20(16,17)8-4-9(12(14)15)11(19-3)10(5-8)18-2/h4-5H,1,6H2,2-3H3,(H,14,15). The fraction of sp³-hybridized carbons (Fsp3) is 0.250. The second-order valence-electron chi connectivity index (χ2n) is 3.79. The SMILES string of the molecule is C=C(Cl)CS(=O)(=O)c1cc(OC)c(OC)c(C(=O)O)c1. The minimum absolute atomic E-state index is 0.00570. The van der Waals surface area contributed by atoms with Crippen LogP contribution >= 0.6 is 11.6 Å². The summed E-state index contributed by atoms with van der Waals surface area (Å²) in [4.78, 5) is 10.9. The minimum Gasteiger partial charge on any atom is -0.493 e. The molecule has 0 aliphatic rings. The molecule has 0 aliphatic carbocycles. The fourth-order valence-corrected chi connectivity index (χ4v) is 3.16. The Morgan fingerprint density at radius 1 is 1.35 bits per heavy atom. The lowest BCUT2D eigenvalue weighted by Gasteiger charge is -2.13. The van der Waals surface area contributed by atoms with Crippen molar-refractivity contribution in [3.05, 3.63) is 29.3 Å². The van der Waals surface area contributed by atoms with Crippen molar-refractivity contribution in [3.63, 3.8) is 0 Å². The maximum Gasteiger partial charge on any atom is 0.339 e. The van der Waals surface area contributed by atoms with Crippen LogP contribution in [0.4, 0.5) is 0 Å². The highest BCUT2D eigenvalue weighted by atomic mass is 35.5. The Morgan fingerprint density at radius 3 is 2.35 bits per heavy atom. The summed E-state index contributed by atoms with van der Waals surface area (Å²) >= 11 is 5.50. The number of hydrogen-bond donors (Lipinski definition) is 1. The van der Waals surface area contributed by atoms with Gasteiger partial charge in [0.1, 0.15) is 5.56 Å². The maximum atomic E-state index is 12.1. The van der Waals surface area contributed by atoms with E-state index in [4.69, 9.17) is 26.2 Å². The van der Waals surface area contributed by atoms with Crippen molar-refractivity contribution in [2.24, 2.45) is 0 Å². The Labute approximate surface area is 121 Å². The van der Waals surface area contributed by atoms with Gasteiger partial charge in [-0.1, -0.05) is 18.2 Å². The van der Waals surface area contributed by atoms with Gasteiger partial charge < -0.3 is 14.6 Å². The number of rotatable bonds is 6. The first-order valence-electron chi connectivity index (χ1n) is 5.28. The molecule has 1 aromatic rings. The maximum absolute atomic E-state index is 12.1. The molecule has 0 fully saturated rings. The molecule has 0 aromatic heterocycles. The lowest BCUT2D eigenvalue weighted by Crippen LogP contribution is -2.10. The van der Waals surface area contributed by atoms with E-state index in [-0.39, 0.29) is 27.0 Å². The number of benzene rings is 1. The quantitative estimate of drug-likeness (QED) is 0.861. The van der Waals surface area contributed by atoms with Gasteiger partial charge in [0.15, 0.2) is 21.3 Å². The molecule has 0 saturated heterocycles. The molecule has 0 amide bonds. The average molecular weight is 321 g/mol. The summed E-state index contributed by atoms with van der Waals surface area (Å²) in [7, 11) is -1.26. The molecule has 0 unspecified atom stereocenters. The van der Waals surface area contributed by atoms with E-state index < -0.39 is 21.6 Å². The van der Waals surface area contributed by atoms with Crippen molar-refractivity contribution in [1.29, 1.82) is 0 Å². The number of carboxylic acids is 1. The molecule has 0 spiro atoms. The molecular formula is C12H13ClO6S. The summed E-state index contributed by atoms with van der Waals surface area (Å²) in [5.41, 5.74) is -0.314. The average Bonchev–Trinajstić information content (AvgIpc) is 2.35. The van der Waals surface area contributed by atoms with Crippen LogP contribution in [0.5, 0.6) is 11.5 Å². The van der Waals surface area contributed by atoms with Crippen LogP contribution in [0.2, 0.25) is 0 Å². The molecule has 0 aliphatic heterocycles. The van der Waals surface area contributed by atoms with Crippen LogP contribution in [-0.4, -0.2) is 39.5 Å². The predicted octanol–water partition coefficient (Wildman–Crippen LogP) is 1.93. The molecule has 0 heterocycles. The normalized spacial score (nSPS) is 10.9. The van der Waals surface area contributed by atoms with Crippen LogP contribution in [0.25, 0.3) is 0 Å². The van der Waals surface area contributed by atoms with E-state index >= 15 is 0 Å². The second-order valence-corrected chi connectivity index (χ2v) is 6.31. The summed E-state index contributed by atoms with van der Waals surface area (Å²) in [5, 5.41) is 9.04. The number of carbonyl (C=O) groups is 1. The van der Waals surface area contributed by atoms with Gasteiger partial charge in [0.25, 0.3) is 0 Å². The van der Waals surface area contributed by atoms with Crippen molar-refractivity contribution in [3.8, 4) is 11.5 Å². The predicted molar refractivity (Wildman–Crippen MR) is 73.6 cm³/mol. The number of hydrogen-bond acceptors (Lipinski definition) is 5. The Morgan fingerprint density at radius 2 is 1.95 bits per heavy atom. The Hall–Kier alpha value is -1.73. The molecule has 0 atom stereocenters. The summed E-state index contributed by atoms with van der Waals surface area (Å²) < 4.78 is 34.0. The van der Waals surface area contributed by atoms with Gasteiger partial charge in [-0.3, -0.25) is 0 Å². The summed E-state index contributed by atoms with van der Waals surface area (Å²) in [6, 6.07) is 2.18. The topological polar surface area (TPSA) is 89.9 Å². The zero-order chi connectivity index (χ0) is 15.5. The van der Waals surface area contributed by atoms with Crippen molar-refractivity contribution in [2.75, 3.05) is 20.0 Å². The molecule has 110 valence electrons. The van der Waals surface area contributed by atoms with Gasteiger partial charge in [0.05, 0.1) is 24.9 Å². The molecule has 20 heavy (non-hydrogen) atoms. The van der Waals surface area contributed by atoms with Crippen LogP contribution in [0.1, 0.15) is 10.4 Å². The zero-order valence-electron chi connectivity index (χ0n) is 10.8. The smallest absolute Gasteiger partial charge is 0.339 e. The van der Waals surface area contributed by atoms with E-state index in [0.717, 1.165) is 6.07 Å². The molecular weight excluding hydrogens is 308 g/mol. The largest absolute Gasteiger partial charge is 0.493 e. The van der Waals surface area contributed by atoms with Gasteiger partial charge in [-0.05, 0) is 6.07 Å². The van der Waals surface area contributed by atoms with Crippen LogP contribution in [0, 0.1) is 0 Å². The van der Waals surface area contributed by atoms with Gasteiger partial charge >= 0.3 is 5.97 Å². The van der Waals surface area contributed by atoms with E-state index in [2.05, 4.69) is 6.58 Å². The van der Waals surface area contributed by atoms with Gasteiger partial charge in [0.2, 0.25) is 0 Å². The first kappa shape index (κ1) is 16.3. The van der Waals surface area contributed by atoms with Crippen LogP contribution in [0.3, 0.4) is 0 Å². The van der Waals surface area contributed by atoms with Crippen molar-refractivity contribution in [2.45, 2.75) is 4.90 Å². The minimum atomic E-state index is -3.80. The van der Waals surface area contributed by atoms with Gasteiger partial charge in [-0.15, -0.1) is 0 Å². The molecule has 6 nitrogen and oxygen atoms in total. The van der Waals surface area contributed by atoms with Gasteiger partial charge in [-0.25, -0.2) is 13.2 Å². The first-order chi connectivity index (χ1) is 9.22. The van der Waals surface area contributed by atoms with Crippen LogP contribution in [-0.2, 0) is 9.84 Å². The Balaban J connectivity index is 3.55. The third kappa shape index (κ3) is 3.43. The Kier molecular flexibility index (Phi) is 5.02. The summed E-state index contributed by atoms with van der Waals surface area (Å²) in [6.07, 6.45) is 0.